The minimum absolute atomic E-state index is 0.120. The summed E-state index contributed by atoms with van der Waals surface area (Å²) in [7, 11) is 0. The smallest absolute Gasteiger partial charge is 0.367 e. The van der Waals surface area contributed by atoms with Crippen molar-refractivity contribution in [3.63, 3.8) is 0 Å². The van der Waals surface area contributed by atoms with Crippen LogP contribution in [0.2, 0.25) is 0 Å². The Kier molecular flexibility index (Phi) is 8.41. The van der Waals surface area contributed by atoms with E-state index < -0.39 is 18.8 Å². The Morgan fingerprint density at radius 3 is 2.13 bits per heavy atom. The molecule has 2 N–H and O–H groups in total. The zero-order valence-electron chi connectivity index (χ0n) is 16.8. The minimum Gasteiger partial charge on any atom is -0.367 e. The fourth-order valence-corrected chi connectivity index (χ4v) is 2.69. The number of hydrogen-bond donors (Lipinski definition) is 2. The summed E-state index contributed by atoms with van der Waals surface area (Å²) in [5.41, 5.74) is 1.85. The van der Waals surface area contributed by atoms with Crippen LogP contribution >= 0.6 is 0 Å². The van der Waals surface area contributed by atoms with Gasteiger partial charge in [-0.3, -0.25) is 9.59 Å². The average Bonchev–Trinajstić information content (AvgIpc) is 2.70. The molecule has 0 fully saturated rings. The van der Waals surface area contributed by atoms with Crippen molar-refractivity contribution in [3.05, 3.63) is 71.3 Å². The maximum absolute atomic E-state index is 12.6. The van der Waals surface area contributed by atoms with E-state index in [4.69, 9.17) is 0 Å². The van der Waals surface area contributed by atoms with Gasteiger partial charge >= 0.3 is 6.18 Å². The summed E-state index contributed by atoms with van der Waals surface area (Å²) >= 11 is 0. The molecule has 0 radical (unpaired) electrons. The Balaban J connectivity index is 1.87. The summed E-state index contributed by atoms with van der Waals surface area (Å²) in [5, 5.41) is 5.54. The maximum atomic E-state index is 12.6. The van der Waals surface area contributed by atoms with Crippen LogP contribution in [0.15, 0.2) is 54.6 Å². The standard InChI is InChI=1S/C22H25F3N2O3/c1-15(2)19(27-20(28)18-6-4-3-5-7-18)21(29)26-12-16-8-10-17(11-9-16)13-30-14-22(23,24)25/h3-11,15,19H,12-14H2,1-2H3,(H,26,29)(H,27,28). The van der Waals surface area contributed by atoms with Gasteiger partial charge < -0.3 is 15.4 Å². The van der Waals surface area contributed by atoms with Crippen molar-refractivity contribution >= 4 is 11.8 Å². The van der Waals surface area contributed by atoms with Crippen molar-refractivity contribution in [3.8, 4) is 0 Å². The lowest BCUT2D eigenvalue weighted by Crippen LogP contribution is -2.49. The Labute approximate surface area is 173 Å². The van der Waals surface area contributed by atoms with Crippen LogP contribution in [0.4, 0.5) is 13.2 Å². The second-order valence-corrected chi connectivity index (χ2v) is 7.20. The first-order valence-electron chi connectivity index (χ1n) is 9.51. The topological polar surface area (TPSA) is 67.4 Å². The first-order chi connectivity index (χ1) is 14.2. The molecule has 162 valence electrons. The van der Waals surface area contributed by atoms with Gasteiger partial charge in [0, 0.05) is 12.1 Å². The predicted molar refractivity (Wildman–Crippen MR) is 107 cm³/mol. The van der Waals surface area contributed by atoms with Crippen molar-refractivity contribution < 1.29 is 27.5 Å². The molecule has 8 heteroatoms. The minimum atomic E-state index is -4.35. The summed E-state index contributed by atoms with van der Waals surface area (Å²) in [5.74, 6) is -0.759. The van der Waals surface area contributed by atoms with E-state index in [0.717, 1.165) is 5.56 Å². The van der Waals surface area contributed by atoms with E-state index >= 15 is 0 Å². The van der Waals surface area contributed by atoms with Gasteiger partial charge in [-0.2, -0.15) is 13.2 Å². The fourth-order valence-electron chi connectivity index (χ4n) is 2.69. The highest BCUT2D eigenvalue weighted by Crippen LogP contribution is 2.16. The molecule has 1 atom stereocenters. The third-order valence-corrected chi connectivity index (χ3v) is 4.30. The van der Waals surface area contributed by atoms with Crippen LogP contribution in [0.5, 0.6) is 0 Å². The molecule has 0 aliphatic heterocycles. The van der Waals surface area contributed by atoms with Gasteiger partial charge in [-0.05, 0) is 29.2 Å². The molecule has 0 saturated carbocycles. The van der Waals surface area contributed by atoms with Gasteiger partial charge in [0.15, 0.2) is 0 Å². The number of benzene rings is 2. The summed E-state index contributed by atoms with van der Waals surface area (Å²) < 4.78 is 40.9. The number of nitrogens with one attached hydrogen (secondary N) is 2. The molecule has 0 aliphatic rings. The normalized spacial score (nSPS) is 12.5. The van der Waals surface area contributed by atoms with Crippen LogP contribution in [-0.2, 0) is 22.7 Å². The molecule has 0 spiro atoms. The van der Waals surface area contributed by atoms with Crippen LogP contribution in [0.1, 0.15) is 35.3 Å². The molecular formula is C22H25F3N2O3. The van der Waals surface area contributed by atoms with Crippen LogP contribution in [-0.4, -0.2) is 30.6 Å². The Morgan fingerprint density at radius 2 is 1.57 bits per heavy atom. The van der Waals surface area contributed by atoms with E-state index in [2.05, 4.69) is 15.4 Å². The SMILES string of the molecule is CC(C)C(NC(=O)c1ccccc1)C(=O)NCc1ccc(COCC(F)(F)F)cc1. The number of halogens is 3. The average molecular weight is 422 g/mol. The number of carbonyl (C=O) groups excluding carboxylic acids is 2. The maximum Gasteiger partial charge on any atom is 0.411 e. The molecule has 0 aliphatic carbocycles. The number of alkyl halides is 3. The monoisotopic (exact) mass is 422 g/mol. The molecule has 2 aromatic carbocycles. The molecule has 0 bridgehead atoms. The van der Waals surface area contributed by atoms with Crippen LogP contribution in [0, 0.1) is 5.92 Å². The molecular weight excluding hydrogens is 397 g/mol. The molecule has 30 heavy (non-hydrogen) atoms. The molecule has 2 amide bonds. The van der Waals surface area contributed by atoms with E-state index in [1.807, 2.05) is 13.8 Å². The number of ether oxygens (including phenoxy) is 1. The molecule has 2 rings (SSSR count). The first-order valence-corrected chi connectivity index (χ1v) is 9.51. The van der Waals surface area contributed by atoms with Gasteiger partial charge in [0.2, 0.25) is 5.91 Å². The van der Waals surface area contributed by atoms with Crippen LogP contribution in [0.25, 0.3) is 0 Å². The summed E-state index contributed by atoms with van der Waals surface area (Å²) in [6, 6.07) is 14.6. The lowest BCUT2D eigenvalue weighted by molar-refractivity contribution is -0.176. The van der Waals surface area contributed by atoms with Gasteiger partial charge in [-0.25, -0.2) is 0 Å². The van der Waals surface area contributed by atoms with Crippen molar-refractivity contribution in [2.45, 2.75) is 39.2 Å². The largest absolute Gasteiger partial charge is 0.411 e. The Morgan fingerprint density at radius 1 is 0.967 bits per heavy atom. The fraction of sp³-hybridized carbons (Fsp3) is 0.364. The van der Waals surface area contributed by atoms with E-state index in [1.165, 1.54) is 0 Å². The van der Waals surface area contributed by atoms with Crippen molar-refractivity contribution in [1.82, 2.24) is 10.6 Å². The number of amides is 2. The van der Waals surface area contributed by atoms with Gasteiger partial charge in [0.1, 0.15) is 12.6 Å². The number of carbonyl (C=O) groups is 2. The van der Waals surface area contributed by atoms with Crippen molar-refractivity contribution in [1.29, 1.82) is 0 Å². The summed E-state index contributed by atoms with van der Waals surface area (Å²) in [6.45, 7) is 2.46. The Hall–Kier alpha value is -2.87. The highest BCUT2D eigenvalue weighted by atomic mass is 19.4. The Bertz CT molecular complexity index is 822. The lowest BCUT2D eigenvalue weighted by atomic mass is 10.0. The zero-order valence-corrected chi connectivity index (χ0v) is 16.8. The molecule has 1 unspecified atom stereocenters. The highest BCUT2D eigenvalue weighted by molar-refractivity contribution is 5.97. The van der Waals surface area contributed by atoms with Gasteiger partial charge in [0.05, 0.1) is 6.61 Å². The van der Waals surface area contributed by atoms with E-state index in [0.29, 0.717) is 11.1 Å². The molecule has 2 aromatic rings. The number of rotatable bonds is 9. The van der Waals surface area contributed by atoms with Gasteiger partial charge in [-0.15, -0.1) is 0 Å². The van der Waals surface area contributed by atoms with Gasteiger partial charge in [-0.1, -0.05) is 56.3 Å². The second kappa shape index (κ2) is 10.8. The highest BCUT2D eigenvalue weighted by Gasteiger charge is 2.27. The third-order valence-electron chi connectivity index (χ3n) is 4.30. The molecule has 0 aromatic heterocycles. The summed E-state index contributed by atoms with van der Waals surface area (Å²) in [4.78, 5) is 24.9. The summed E-state index contributed by atoms with van der Waals surface area (Å²) in [6.07, 6.45) is -4.35. The van der Waals surface area contributed by atoms with Gasteiger partial charge in [0.25, 0.3) is 5.91 Å². The molecule has 5 nitrogen and oxygen atoms in total. The lowest BCUT2D eigenvalue weighted by Gasteiger charge is -2.22. The van der Waals surface area contributed by atoms with Crippen LogP contribution < -0.4 is 10.6 Å². The van der Waals surface area contributed by atoms with Crippen molar-refractivity contribution in [2.24, 2.45) is 5.92 Å². The molecule has 0 saturated heterocycles. The van der Waals surface area contributed by atoms with Crippen molar-refractivity contribution in [2.75, 3.05) is 6.61 Å². The first kappa shape index (κ1) is 23.4. The van der Waals surface area contributed by atoms with E-state index in [1.54, 1.807) is 54.6 Å². The van der Waals surface area contributed by atoms with E-state index in [9.17, 15) is 22.8 Å². The second-order valence-electron chi connectivity index (χ2n) is 7.20. The zero-order chi connectivity index (χ0) is 22.1. The van der Waals surface area contributed by atoms with E-state index in [-0.39, 0.29) is 30.9 Å². The quantitative estimate of drug-likeness (QED) is 0.645. The molecule has 0 heterocycles. The number of hydrogen-bond acceptors (Lipinski definition) is 3. The van der Waals surface area contributed by atoms with Crippen LogP contribution in [0.3, 0.4) is 0 Å². The predicted octanol–water partition coefficient (Wildman–Crippen LogP) is 3.84. The third kappa shape index (κ3) is 7.87.